The van der Waals surface area contributed by atoms with Crippen LogP contribution in [0.4, 0.5) is 0 Å². The highest BCUT2D eigenvalue weighted by Crippen LogP contribution is 2.34. The Labute approximate surface area is 81.2 Å². The highest BCUT2D eigenvalue weighted by Gasteiger charge is 2.24. The molecule has 0 aliphatic heterocycles. The molecule has 0 radical (unpaired) electrons. The van der Waals surface area contributed by atoms with Gasteiger partial charge in [0.2, 0.25) is 0 Å². The van der Waals surface area contributed by atoms with E-state index >= 15 is 0 Å². The fourth-order valence-corrected chi connectivity index (χ4v) is 2.48. The molecule has 68 valence electrons. The first-order valence-corrected chi connectivity index (χ1v) is 4.89. The van der Waals surface area contributed by atoms with Crippen molar-refractivity contribution in [2.75, 3.05) is 6.61 Å². The fourth-order valence-electron chi connectivity index (χ4n) is 1.05. The SMILES string of the molecule is CC(C)(CON)c1sccc1Cl. The van der Waals surface area contributed by atoms with Crippen LogP contribution >= 0.6 is 22.9 Å². The van der Waals surface area contributed by atoms with E-state index in [4.69, 9.17) is 17.5 Å². The molecule has 0 amide bonds. The third-order valence-electron chi connectivity index (χ3n) is 1.68. The molecule has 0 aliphatic rings. The van der Waals surface area contributed by atoms with E-state index in [0.29, 0.717) is 6.61 Å². The Kier molecular flexibility index (Phi) is 3.12. The van der Waals surface area contributed by atoms with Gasteiger partial charge in [-0.2, -0.15) is 0 Å². The van der Waals surface area contributed by atoms with Gasteiger partial charge in [-0.15, -0.1) is 11.3 Å². The summed E-state index contributed by atoms with van der Waals surface area (Å²) in [6.45, 7) is 4.59. The van der Waals surface area contributed by atoms with E-state index in [-0.39, 0.29) is 5.41 Å². The van der Waals surface area contributed by atoms with Gasteiger partial charge < -0.3 is 4.84 Å². The number of thiophene rings is 1. The Morgan fingerprint density at radius 1 is 1.67 bits per heavy atom. The van der Waals surface area contributed by atoms with Gasteiger partial charge in [-0.1, -0.05) is 25.4 Å². The molecular formula is C8H12ClNOS. The minimum Gasteiger partial charge on any atom is -0.304 e. The normalized spacial score (nSPS) is 12.0. The van der Waals surface area contributed by atoms with E-state index in [1.165, 1.54) is 0 Å². The number of hydrogen-bond acceptors (Lipinski definition) is 3. The Morgan fingerprint density at radius 2 is 2.33 bits per heavy atom. The molecule has 0 bridgehead atoms. The first-order valence-electron chi connectivity index (χ1n) is 3.63. The first kappa shape index (κ1) is 9.99. The second kappa shape index (κ2) is 3.75. The third kappa shape index (κ3) is 1.98. The van der Waals surface area contributed by atoms with Crippen LogP contribution in [-0.2, 0) is 10.3 Å². The molecule has 0 aliphatic carbocycles. The summed E-state index contributed by atoms with van der Waals surface area (Å²) in [5.74, 6) is 5.03. The highest BCUT2D eigenvalue weighted by atomic mass is 35.5. The van der Waals surface area contributed by atoms with Crippen molar-refractivity contribution in [2.45, 2.75) is 19.3 Å². The van der Waals surface area contributed by atoms with Crippen LogP contribution in [0.25, 0.3) is 0 Å². The highest BCUT2D eigenvalue weighted by molar-refractivity contribution is 7.10. The van der Waals surface area contributed by atoms with Gasteiger partial charge in [0.1, 0.15) is 0 Å². The standard InChI is InChI=1S/C8H12ClNOS/c1-8(2,5-11-10)7-6(9)3-4-12-7/h3-4H,5,10H2,1-2H3. The maximum Gasteiger partial charge on any atom is 0.0779 e. The Hall–Kier alpha value is -0.0900. The lowest BCUT2D eigenvalue weighted by Gasteiger charge is -2.21. The average Bonchev–Trinajstić information content (AvgIpc) is 2.35. The van der Waals surface area contributed by atoms with E-state index < -0.39 is 0 Å². The zero-order chi connectivity index (χ0) is 9.19. The van der Waals surface area contributed by atoms with Crippen LogP contribution in [0.5, 0.6) is 0 Å². The minimum atomic E-state index is -0.0972. The second-order valence-electron chi connectivity index (χ2n) is 3.29. The van der Waals surface area contributed by atoms with E-state index in [2.05, 4.69) is 18.7 Å². The summed E-state index contributed by atoms with van der Waals surface area (Å²) in [6.07, 6.45) is 0. The van der Waals surface area contributed by atoms with Crippen molar-refractivity contribution >= 4 is 22.9 Å². The van der Waals surface area contributed by atoms with Crippen molar-refractivity contribution in [1.29, 1.82) is 0 Å². The van der Waals surface area contributed by atoms with Gasteiger partial charge in [0.15, 0.2) is 0 Å². The maximum absolute atomic E-state index is 5.97. The van der Waals surface area contributed by atoms with E-state index in [9.17, 15) is 0 Å². The molecule has 12 heavy (non-hydrogen) atoms. The molecule has 2 N–H and O–H groups in total. The lowest BCUT2D eigenvalue weighted by molar-refractivity contribution is 0.0977. The Balaban J connectivity index is 2.88. The second-order valence-corrected chi connectivity index (χ2v) is 4.62. The lowest BCUT2D eigenvalue weighted by atomic mass is 9.93. The molecule has 0 atom stereocenters. The molecule has 0 fully saturated rings. The summed E-state index contributed by atoms with van der Waals surface area (Å²) in [5, 5.41) is 2.76. The van der Waals surface area contributed by atoms with Gasteiger partial charge in [0, 0.05) is 10.3 Å². The molecule has 0 saturated carbocycles. The molecule has 4 heteroatoms. The van der Waals surface area contributed by atoms with Gasteiger partial charge in [-0.3, -0.25) is 0 Å². The molecule has 1 aromatic rings. The molecular weight excluding hydrogens is 194 g/mol. The van der Waals surface area contributed by atoms with Crippen LogP contribution in [0.1, 0.15) is 18.7 Å². The van der Waals surface area contributed by atoms with Gasteiger partial charge in [0.25, 0.3) is 0 Å². The third-order valence-corrected chi connectivity index (χ3v) is 3.38. The van der Waals surface area contributed by atoms with Gasteiger partial charge in [0.05, 0.1) is 11.6 Å². The summed E-state index contributed by atoms with van der Waals surface area (Å²) < 4.78 is 0. The molecule has 0 saturated heterocycles. The average molecular weight is 206 g/mol. The largest absolute Gasteiger partial charge is 0.304 e. The van der Waals surface area contributed by atoms with Gasteiger partial charge in [-0.25, -0.2) is 5.90 Å². The van der Waals surface area contributed by atoms with Crippen molar-refractivity contribution in [3.05, 3.63) is 21.3 Å². The predicted molar refractivity (Wildman–Crippen MR) is 52.5 cm³/mol. The number of halogens is 1. The Morgan fingerprint density at radius 3 is 2.75 bits per heavy atom. The van der Waals surface area contributed by atoms with Gasteiger partial charge in [-0.05, 0) is 11.4 Å². The topological polar surface area (TPSA) is 35.2 Å². The number of nitrogens with two attached hydrogens (primary N) is 1. The predicted octanol–water partition coefficient (Wildman–Crippen LogP) is 2.57. The Bertz CT molecular complexity index is 259. The van der Waals surface area contributed by atoms with Crippen LogP contribution in [0.2, 0.25) is 5.02 Å². The van der Waals surface area contributed by atoms with E-state index in [1.807, 2.05) is 11.4 Å². The number of rotatable bonds is 3. The zero-order valence-corrected chi connectivity index (χ0v) is 8.71. The van der Waals surface area contributed by atoms with Crippen LogP contribution < -0.4 is 5.90 Å². The summed E-state index contributed by atoms with van der Waals surface area (Å²) in [4.78, 5) is 5.75. The van der Waals surface area contributed by atoms with Crippen molar-refractivity contribution in [2.24, 2.45) is 5.90 Å². The van der Waals surface area contributed by atoms with Crippen LogP contribution in [-0.4, -0.2) is 6.61 Å². The molecule has 0 unspecified atom stereocenters. The van der Waals surface area contributed by atoms with E-state index in [1.54, 1.807) is 11.3 Å². The van der Waals surface area contributed by atoms with Crippen molar-refractivity contribution < 1.29 is 4.84 Å². The summed E-state index contributed by atoms with van der Waals surface area (Å²) in [5.41, 5.74) is -0.0972. The summed E-state index contributed by atoms with van der Waals surface area (Å²) in [6, 6.07) is 1.89. The smallest absolute Gasteiger partial charge is 0.0779 e. The maximum atomic E-state index is 5.97. The minimum absolute atomic E-state index is 0.0972. The summed E-state index contributed by atoms with van der Waals surface area (Å²) in [7, 11) is 0. The quantitative estimate of drug-likeness (QED) is 0.770. The molecule has 1 rings (SSSR count). The number of hydrogen-bond donors (Lipinski definition) is 1. The van der Waals surface area contributed by atoms with Crippen LogP contribution in [0, 0.1) is 0 Å². The van der Waals surface area contributed by atoms with Crippen molar-refractivity contribution in [3.63, 3.8) is 0 Å². The molecule has 1 aromatic heterocycles. The zero-order valence-electron chi connectivity index (χ0n) is 7.13. The van der Waals surface area contributed by atoms with E-state index in [0.717, 1.165) is 9.90 Å². The molecule has 0 spiro atoms. The molecule has 2 nitrogen and oxygen atoms in total. The van der Waals surface area contributed by atoms with Crippen molar-refractivity contribution in [1.82, 2.24) is 0 Å². The molecule has 1 heterocycles. The monoisotopic (exact) mass is 205 g/mol. The van der Waals surface area contributed by atoms with Crippen molar-refractivity contribution in [3.8, 4) is 0 Å². The van der Waals surface area contributed by atoms with Crippen LogP contribution in [0.15, 0.2) is 11.4 Å². The molecule has 0 aromatic carbocycles. The summed E-state index contributed by atoms with van der Waals surface area (Å²) >= 11 is 7.60. The fraction of sp³-hybridized carbons (Fsp3) is 0.500. The van der Waals surface area contributed by atoms with Crippen LogP contribution in [0.3, 0.4) is 0 Å². The first-order chi connectivity index (χ1) is 5.58. The lowest BCUT2D eigenvalue weighted by Crippen LogP contribution is -2.25. The van der Waals surface area contributed by atoms with Gasteiger partial charge >= 0.3 is 0 Å².